The SMILES string of the molecule is N#CCc1ccc(NC(=O)[C@H]2CCCN2S(=O)(=O)c2ccc(Cl)cc2)cc1. The van der Waals surface area contributed by atoms with Crippen LogP contribution in [0.15, 0.2) is 53.4 Å². The van der Waals surface area contributed by atoms with Crippen LogP contribution in [0.4, 0.5) is 5.69 Å². The normalized spacial score (nSPS) is 17.4. The fraction of sp³-hybridized carbons (Fsp3) is 0.263. The summed E-state index contributed by atoms with van der Waals surface area (Å²) in [5.41, 5.74) is 1.42. The van der Waals surface area contributed by atoms with Crippen molar-refractivity contribution in [3.8, 4) is 6.07 Å². The van der Waals surface area contributed by atoms with E-state index in [1.807, 2.05) is 0 Å². The third kappa shape index (κ3) is 4.30. The summed E-state index contributed by atoms with van der Waals surface area (Å²) in [5.74, 6) is -0.363. The van der Waals surface area contributed by atoms with Crippen molar-refractivity contribution in [2.45, 2.75) is 30.2 Å². The molecule has 1 atom stereocenters. The van der Waals surface area contributed by atoms with Crippen LogP contribution in [-0.2, 0) is 21.2 Å². The van der Waals surface area contributed by atoms with E-state index in [2.05, 4.69) is 11.4 Å². The fourth-order valence-corrected chi connectivity index (χ4v) is 4.84. The van der Waals surface area contributed by atoms with Gasteiger partial charge >= 0.3 is 0 Å². The van der Waals surface area contributed by atoms with Gasteiger partial charge in [-0.2, -0.15) is 9.57 Å². The summed E-state index contributed by atoms with van der Waals surface area (Å²) in [6.07, 6.45) is 1.38. The molecule has 1 aliphatic rings. The molecule has 0 unspecified atom stereocenters. The molecule has 1 aliphatic heterocycles. The monoisotopic (exact) mass is 403 g/mol. The van der Waals surface area contributed by atoms with Crippen molar-refractivity contribution in [3.05, 3.63) is 59.1 Å². The summed E-state index contributed by atoms with van der Waals surface area (Å²) in [5, 5.41) is 11.9. The van der Waals surface area contributed by atoms with Crippen LogP contribution < -0.4 is 5.32 Å². The molecule has 1 N–H and O–H groups in total. The number of hydrogen-bond donors (Lipinski definition) is 1. The van der Waals surface area contributed by atoms with Gasteiger partial charge < -0.3 is 5.32 Å². The predicted octanol–water partition coefficient (Wildman–Crippen LogP) is 3.20. The van der Waals surface area contributed by atoms with Gasteiger partial charge in [-0.25, -0.2) is 8.42 Å². The fourth-order valence-electron chi connectivity index (χ4n) is 3.05. The number of carbonyl (C=O) groups excluding carboxylic acids is 1. The minimum absolute atomic E-state index is 0.118. The number of anilines is 1. The topological polar surface area (TPSA) is 90.3 Å². The van der Waals surface area contributed by atoms with Gasteiger partial charge in [0.25, 0.3) is 0 Å². The Balaban J connectivity index is 1.76. The molecule has 140 valence electrons. The lowest BCUT2D eigenvalue weighted by Gasteiger charge is -2.23. The van der Waals surface area contributed by atoms with Crippen LogP contribution in [-0.4, -0.2) is 31.2 Å². The van der Waals surface area contributed by atoms with Crippen molar-refractivity contribution in [2.24, 2.45) is 0 Å². The first-order valence-electron chi connectivity index (χ1n) is 8.46. The maximum atomic E-state index is 12.9. The highest BCUT2D eigenvalue weighted by Crippen LogP contribution is 2.27. The van der Waals surface area contributed by atoms with E-state index in [-0.39, 0.29) is 10.8 Å². The highest BCUT2D eigenvalue weighted by molar-refractivity contribution is 7.89. The highest BCUT2D eigenvalue weighted by Gasteiger charge is 2.39. The number of nitriles is 1. The quantitative estimate of drug-likeness (QED) is 0.829. The van der Waals surface area contributed by atoms with Gasteiger partial charge in [-0.05, 0) is 54.8 Å². The number of rotatable bonds is 5. The molecule has 1 amide bonds. The van der Waals surface area contributed by atoms with Crippen LogP contribution >= 0.6 is 11.6 Å². The number of amides is 1. The van der Waals surface area contributed by atoms with E-state index < -0.39 is 16.1 Å². The van der Waals surface area contributed by atoms with Gasteiger partial charge in [0, 0.05) is 17.3 Å². The third-order valence-electron chi connectivity index (χ3n) is 4.43. The summed E-state index contributed by atoms with van der Waals surface area (Å²) in [4.78, 5) is 12.8. The van der Waals surface area contributed by atoms with Gasteiger partial charge in [-0.1, -0.05) is 23.7 Å². The number of carbonyl (C=O) groups is 1. The van der Waals surface area contributed by atoms with Crippen LogP contribution in [0.2, 0.25) is 5.02 Å². The first kappa shape index (κ1) is 19.4. The molecule has 27 heavy (non-hydrogen) atoms. The zero-order valence-corrected chi connectivity index (χ0v) is 16.0. The predicted molar refractivity (Wildman–Crippen MR) is 103 cm³/mol. The van der Waals surface area contributed by atoms with Crippen LogP contribution in [0.25, 0.3) is 0 Å². The van der Waals surface area contributed by atoms with Gasteiger partial charge in [0.15, 0.2) is 0 Å². The summed E-state index contributed by atoms with van der Waals surface area (Å²) < 4.78 is 27.0. The Kier molecular flexibility index (Phi) is 5.80. The summed E-state index contributed by atoms with van der Waals surface area (Å²) >= 11 is 5.83. The zero-order chi connectivity index (χ0) is 19.4. The Bertz CT molecular complexity index is 967. The molecule has 2 aromatic carbocycles. The van der Waals surface area contributed by atoms with E-state index >= 15 is 0 Å². The zero-order valence-electron chi connectivity index (χ0n) is 14.4. The largest absolute Gasteiger partial charge is 0.325 e. The van der Waals surface area contributed by atoms with Crippen molar-refractivity contribution in [1.29, 1.82) is 5.26 Å². The van der Waals surface area contributed by atoms with Gasteiger partial charge in [-0.15, -0.1) is 0 Å². The van der Waals surface area contributed by atoms with Crippen molar-refractivity contribution in [3.63, 3.8) is 0 Å². The van der Waals surface area contributed by atoms with E-state index in [1.54, 1.807) is 24.3 Å². The van der Waals surface area contributed by atoms with E-state index in [0.29, 0.717) is 36.5 Å². The molecule has 0 bridgehead atoms. The lowest BCUT2D eigenvalue weighted by Crippen LogP contribution is -2.43. The number of halogens is 1. The minimum Gasteiger partial charge on any atom is -0.325 e. The van der Waals surface area contributed by atoms with Gasteiger partial charge in [0.2, 0.25) is 15.9 Å². The minimum atomic E-state index is -3.78. The maximum absolute atomic E-state index is 12.9. The number of nitrogens with zero attached hydrogens (tertiary/aromatic N) is 2. The molecular weight excluding hydrogens is 386 g/mol. The van der Waals surface area contributed by atoms with E-state index in [1.165, 1.54) is 28.6 Å². The second-order valence-corrected chi connectivity index (χ2v) is 8.58. The van der Waals surface area contributed by atoms with Gasteiger partial charge in [-0.3, -0.25) is 4.79 Å². The van der Waals surface area contributed by atoms with E-state index in [0.717, 1.165) is 5.56 Å². The van der Waals surface area contributed by atoms with Crippen molar-refractivity contribution >= 4 is 33.2 Å². The molecule has 1 fully saturated rings. The number of benzene rings is 2. The lowest BCUT2D eigenvalue weighted by atomic mass is 10.1. The molecule has 1 saturated heterocycles. The maximum Gasteiger partial charge on any atom is 0.243 e. The smallest absolute Gasteiger partial charge is 0.243 e. The second-order valence-electron chi connectivity index (χ2n) is 6.25. The molecule has 0 aromatic heterocycles. The Hall–Kier alpha value is -2.40. The summed E-state index contributed by atoms with van der Waals surface area (Å²) in [6, 6.07) is 14.2. The van der Waals surface area contributed by atoms with Crippen molar-refractivity contribution in [2.75, 3.05) is 11.9 Å². The molecule has 0 saturated carbocycles. The standard InChI is InChI=1S/C19H18ClN3O3S/c20-15-5-9-17(10-6-15)27(25,26)23-13-1-2-18(23)19(24)22-16-7-3-14(4-8-16)11-12-21/h3-10,18H,1-2,11,13H2,(H,22,24)/t18-/m1/s1. The molecule has 0 radical (unpaired) electrons. The molecule has 1 heterocycles. The molecule has 3 rings (SSSR count). The Labute approximate surface area is 163 Å². The molecule has 6 nitrogen and oxygen atoms in total. The van der Waals surface area contributed by atoms with Crippen molar-refractivity contribution < 1.29 is 13.2 Å². The molecule has 0 aliphatic carbocycles. The second kappa shape index (κ2) is 8.09. The van der Waals surface area contributed by atoms with Crippen LogP contribution in [0, 0.1) is 11.3 Å². The average molecular weight is 404 g/mol. The number of sulfonamides is 1. The van der Waals surface area contributed by atoms with Crippen LogP contribution in [0.5, 0.6) is 0 Å². The van der Waals surface area contributed by atoms with Gasteiger partial charge in [0.05, 0.1) is 17.4 Å². The van der Waals surface area contributed by atoms with E-state index in [4.69, 9.17) is 16.9 Å². The first-order valence-corrected chi connectivity index (χ1v) is 10.3. The Morgan fingerprint density at radius 3 is 2.48 bits per heavy atom. The van der Waals surface area contributed by atoms with E-state index in [9.17, 15) is 13.2 Å². The molecule has 0 spiro atoms. The van der Waals surface area contributed by atoms with Crippen LogP contribution in [0.1, 0.15) is 18.4 Å². The van der Waals surface area contributed by atoms with Crippen molar-refractivity contribution in [1.82, 2.24) is 4.31 Å². The lowest BCUT2D eigenvalue weighted by molar-refractivity contribution is -0.119. The Morgan fingerprint density at radius 1 is 1.19 bits per heavy atom. The first-order chi connectivity index (χ1) is 12.9. The Morgan fingerprint density at radius 2 is 1.85 bits per heavy atom. The summed E-state index contributed by atoms with van der Waals surface area (Å²) in [6.45, 7) is 0.296. The number of hydrogen-bond acceptors (Lipinski definition) is 4. The van der Waals surface area contributed by atoms with Crippen LogP contribution in [0.3, 0.4) is 0 Å². The van der Waals surface area contributed by atoms with Gasteiger partial charge in [0.1, 0.15) is 6.04 Å². The summed E-state index contributed by atoms with van der Waals surface area (Å²) in [7, 11) is -3.78. The third-order valence-corrected chi connectivity index (χ3v) is 6.61. The average Bonchev–Trinajstić information content (AvgIpc) is 3.15. The molecular formula is C19H18ClN3O3S. The number of nitrogens with one attached hydrogen (secondary N) is 1. The molecule has 2 aromatic rings. The molecule has 8 heteroatoms. The highest BCUT2D eigenvalue weighted by atomic mass is 35.5.